The van der Waals surface area contributed by atoms with Gasteiger partial charge in [0.15, 0.2) is 11.5 Å². The molecule has 1 saturated heterocycles. The molecule has 0 aromatic carbocycles. The minimum Gasteiger partial charge on any atom is -0.477 e. The number of hydrogen-bond donors (Lipinski definition) is 2. The maximum absolute atomic E-state index is 10.6. The van der Waals surface area contributed by atoms with Crippen LogP contribution in [0.4, 0.5) is 0 Å². The predicted molar refractivity (Wildman–Crippen MR) is 75.1 cm³/mol. The van der Waals surface area contributed by atoms with Gasteiger partial charge in [0.2, 0.25) is 3.79 Å². The Balaban J connectivity index is 0.000000300. The lowest BCUT2D eigenvalue weighted by atomic mass is 10.3. The van der Waals surface area contributed by atoms with Crippen molar-refractivity contribution in [2.75, 3.05) is 13.1 Å². The second kappa shape index (κ2) is 7.24. The van der Waals surface area contributed by atoms with E-state index in [-0.39, 0.29) is 11.5 Å². The van der Waals surface area contributed by atoms with E-state index in [2.05, 4.69) is 15.3 Å². The first kappa shape index (κ1) is 16.4. The van der Waals surface area contributed by atoms with E-state index in [9.17, 15) is 4.79 Å². The molecular weight excluding hydrogens is 312 g/mol. The summed E-state index contributed by atoms with van der Waals surface area (Å²) in [4.78, 5) is 18.0. The molecule has 0 amide bonds. The maximum Gasteiger partial charge on any atom is 0.354 e. The quantitative estimate of drug-likeness (QED) is 0.776. The summed E-state index contributed by atoms with van der Waals surface area (Å²) >= 11 is 16.6. The Morgan fingerprint density at radius 2 is 1.89 bits per heavy atom. The number of carboxylic acid groups (broad SMARTS) is 1. The van der Waals surface area contributed by atoms with Crippen LogP contribution in [0.5, 0.6) is 0 Å². The average Bonchev–Trinajstić information content (AvgIpc) is 2.85. The third-order valence-electron chi connectivity index (χ3n) is 2.28. The van der Waals surface area contributed by atoms with Crippen molar-refractivity contribution in [2.24, 2.45) is 0 Å². The Morgan fingerprint density at radius 1 is 1.32 bits per heavy atom. The van der Waals surface area contributed by atoms with Crippen molar-refractivity contribution in [1.82, 2.24) is 15.3 Å². The summed E-state index contributed by atoms with van der Waals surface area (Å²) in [6.45, 7) is 4.09. The summed E-state index contributed by atoms with van der Waals surface area (Å²) in [5.41, 5.74) is 0.234. The summed E-state index contributed by atoms with van der Waals surface area (Å²) in [6.07, 6.45) is 2.78. The number of nitrogens with one attached hydrogen (secondary N) is 1. The summed E-state index contributed by atoms with van der Waals surface area (Å²) < 4.78 is -1.81. The molecule has 1 fully saturated rings. The first-order chi connectivity index (χ1) is 8.80. The van der Waals surface area contributed by atoms with Crippen molar-refractivity contribution < 1.29 is 9.90 Å². The first-order valence-corrected chi connectivity index (χ1v) is 6.81. The van der Waals surface area contributed by atoms with Crippen molar-refractivity contribution in [3.05, 3.63) is 23.3 Å². The highest BCUT2D eigenvalue weighted by Gasteiger charge is 2.28. The van der Waals surface area contributed by atoms with Gasteiger partial charge in [0.25, 0.3) is 0 Å². The lowest BCUT2D eigenvalue weighted by Crippen LogP contribution is -2.12. The van der Waals surface area contributed by atoms with Crippen LogP contribution < -0.4 is 5.32 Å². The van der Waals surface area contributed by atoms with E-state index < -0.39 is 9.76 Å². The van der Waals surface area contributed by atoms with E-state index in [0.29, 0.717) is 5.69 Å². The second-order valence-corrected chi connectivity index (χ2v) is 6.26. The number of alkyl halides is 3. The molecule has 2 N–H and O–H groups in total. The largest absolute Gasteiger partial charge is 0.477 e. The Morgan fingerprint density at radius 3 is 2.26 bits per heavy atom. The molecule has 1 aliphatic rings. The maximum atomic E-state index is 10.6. The van der Waals surface area contributed by atoms with Gasteiger partial charge in [-0.15, -0.1) is 0 Å². The number of nitrogens with zero attached hydrogens (tertiary/aromatic N) is 2. The normalized spacial score (nSPS) is 14.7. The van der Waals surface area contributed by atoms with Crippen LogP contribution in [-0.4, -0.2) is 34.1 Å². The Labute approximate surface area is 126 Å². The van der Waals surface area contributed by atoms with Gasteiger partial charge in [0, 0.05) is 5.69 Å². The summed E-state index contributed by atoms with van der Waals surface area (Å²) in [7, 11) is 0. The highest BCUT2D eigenvalue weighted by Crippen LogP contribution is 2.35. The molecule has 5 nitrogen and oxygen atoms in total. The summed E-state index contributed by atoms with van der Waals surface area (Å²) in [5.74, 6) is -1.33. The molecule has 0 saturated carbocycles. The number of aromatic nitrogens is 2. The number of rotatable bonds is 1. The summed E-state index contributed by atoms with van der Waals surface area (Å²) in [6, 6.07) is 1.29. The number of carbonyl (C=O) groups is 1. The fraction of sp³-hybridized carbons (Fsp3) is 0.545. The number of halogens is 3. The van der Waals surface area contributed by atoms with Crippen molar-refractivity contribution >= 4 is 40.8 Å². The van der Waals surface area contributed by atoms with Crippen LogP contribution >= 0.6 is 34.8 Å². The van der Waals surface area contributed by atoms with Crippen LogP contribution in [0.2, 0.25) is 0 Å². The third kappa shape index (κ3) is 5.91. The molecule has 1 aliphatic heterocycles. The fourth-order valence-corrected chi connectivity index (χ4v) is 1.68. The molecule has 0 spiro atoms. The second-order valence-electron chi connectivity index (χ2n) is 3.98. The zero-order chi connectivity index (χ0) is 14.5. The van der Waals surface area contributed by atoms with Gasteiger partial charge in [-0.1, -0.05) is 34.8 Å². The minimum atomic E-state index is -1.81. The molecule has 106 valence electrons. The Bertz CT molecular complexity index is 438. The topological polar surface area (TPSA) is 75.1 Å². The summed E-state index contributed by atoms with van der Waals surface area (Å²) in [5, 5.41) is 11.9. The molecule has 1 aromatic heterocycles. The Hall–Kier alpha value is -0.620. The van der Waals surface area contributed by atoms with Crippen LogP contribution in [0.1, 0.15) is 34.8 Å². The van der Waals surface area contributed by atoms with Crippen molar-refractivity contribution in [1.29, 1.82) is 0 Å². The smallest absolute Gasteiger partial charge is 0.354 e. The van der Waals surface area contributed by atoms with Gasteiger partial charge in [-0.3, -0.25) is 0 Å². The van der Waals surface area contributed by atoms with Gasteiger partial charge in [0.05, 0.1) is 0 Å². The van der Waals surface area contributed by atoms with Crippen molar-refractivity contribution in [3.63, 3.8) is 0 Å². The molecular formula is C11H14Cl3N3O2. The van der Waals surface area contributed by atoms with Gasteiger partial charge in [-0.25, -0.2) is 14.8 Å². The monoisotopic (exact) mass is 325 g/mol. The Kier molecular flexibility index (Phi) is 6.26. The van der Waals surface area contributed by atoms with E-state index in [4.69, 9.17) is 39.9 Å². The molecule has 0 unspecified atom stereocenters. The van der Waals surface area contributed by atoms with Crippen LogP contribution in [0.15, 0.2) is 6.07 Å². The van der Waals surface area contributed by atoms with Gasteiger partial charge in [-0.05, 0) is 38.9 Å². The lowest BCUT2D eigenvalue weighted by molar-refractivity contribution is 0.0689. The zero-order valence-corrected chi connectivity index (χ0v) is 12.6. The SMILES string of the molecule is C1CCNC1.Cc1cc(C(=O)O)nc(C(Cl)(Cl)Cl)n1. The van der Waals surface area contributed by atoms with Crippen LogP contribution in [0.25, 0.3) is 0 Å². The molecule has 2 rings (SSSR count). The molecule has 0 bridgehead atoms. The van der Waals surface area contributed by atoms with Crippen LogP contribution in [0.3, 0.4) is 0 Å². The van der Waals surface area contributed by atoms with Gasteiger partial charge in [0.1, 0.15) is 0 Å². The van der Waals surface area contributed by atoms with E-state index in [1.807, 2.05) is 0 Å². The van der Waals surface area contributed by atoms with Crippen LogP contribution in [-0.2, 0) is 3.79 Å². The molecule has 0 aliphatic carbocycles. The van der Waals surface area contributed by atoms with Gasteiger partial charge < -0.3 is 10.4 Å². The standard InChI is InChI=1S/C7H5Cl3N2O2.C4H9N/c1-3-2-4(5(13)14)12-6(11-3)7(8,9)10;1-2-4-5-3-1/h2H,1H3,(H,13,14);5H,1-4H2. The van der Waals surface area contributed by atoms with E-state index >= 15 is 0 Å². The highest BCUT2D eigenvalue weighted by molar-refractivity contribution is 6.66. The van der Waals surface area contributed by atoms with Crippen LogP contribution in [0, 0.1) is 6.92 Å². The highest BCUT2D eigenvalue weighted by atomic mass is 35.6. The number of hydrogen-bond acceptors (Lipinski definition) is 4. The lowest BCUT2D eigenvalue weighted by Gasteiger charge is -2.09. The van der Waals surface area contributed by atoms with Gasteiger partial charge in [-0.2, -0.15) is 0 Å². The molecule has 0 radical (unpaired) electrons. The molecule has 19 heavy (non-hydrogen) atoms. The molecule has 2 heterocycles. The number of aromatic carboxylic acids is 1. The zero-order valence-electron chi connectivity index (χ0n) is 10.3. The molecule has 8 heteroatoms. The predicted octanol–water partition coefficient (Wildman–Crippen LogP) is 2.68. The molecule has 0 atom stereocenters. The molecule has 1 aromatic rings. The number of aryl methyl sites for hydroxylation is 1. The van der Waals surface area contributed by atoms with Gasteiger partial charge >= 0.3 is 5.97 Å². The van der Waals surface area contributed by atoms with E-state index in [0.717, 1.165) is 0 Å². The van der Waals surface area contributed by atoms with E-state index in [1.165, 1.54) is 32.0 Å². The third-order valence-corrected chi connectivity index (χ3v) is 2.79. The van der Waals surface area contributed by atoms with E-state index in [1.54, 1.807) is 6.92 Å². The first-order valence-electron chi connectivity index (χ1n) is 5.67. The van der Waals surface area contributed by atoms with Crippen molar-refractivity contribution in [3.8, 4) is 0 Å². The minimum absolute atomic E-state index is 0.139. The fourth-order valence-electron chi connectivity index (χ4n) is 1.43. The number of carboxylic acids is 1. The average molecular weight is 327 g/mol. The van der Waals surface area contributed by atoms with Crippen molar-refractivity contribution in [2.45, 2.75) is 23.6 Å².